The van der Waals surface area contributed by atoms with Crippen LogP contribution in [-0.2, 0) is 11.8 Å². The Balaban J connectivity index is 0.000000774. The first-order valence-corrected chi connectivity index (χ1v) is 8.73. The molecule has 2 aliphatic carbocycles. The third-order valence-electron chi connectivity index (χ3n) is 6.00. The molecule has 118 valence electrons. The number of aryl methyl sites for hydroxylation is 1. The van der Waals surface area contributed by atoms with Crippen LogP contribution < -0.4 is 5.73 Å². The maximum absolute atomic E-state index is 4.50. The predicted octanol–water partition coefficient (Wildman–Crippen LogP) is 5.03. The first-order valence-electron chi connectivity index (χ1n) is 8.73. The van der Waals surface area contributed by atoms with Gasteiger partial charge in [-0.1, -0.05) is 58.7 Å². The monoisotopic (exact) mass is 287 g/mol. The smallest absolute Gasteiger partial charge is 0.00417 e. The fraction of sp³-hybridized carbons (Fsp3) is 0.700. The van der Waals surface area contributed by atoms with E-state index in [0.29, 0.717) is 11.3 Å². The number of hydrogen-bond acceptors (Lipinski definition) is 1. The largest absolute Gasteiger partial charge is 0.333 e. The molecule has 21 heavy (non-hydrogen) atoms. The molecule has 1 aromatic rings. The van der Waals surface area contributed by atoms with Gasteiger partial charge in [0.25, 0.3) is 0 Å². The van der Waals surface area contributed by atoms with E-state index in [1.54, 1.807) is 11.1 Å². The standard InChI is InChI=1S/C19H28.CH5N/c1-13(2)15-7-10-18-16(12-15)8-9-17-14(3)6-5-11-19(17,18)4;1-2/h7,10,12-14,17H,5-6,8-9,11H2,1-4H3;2H2,1H3. The van der Waals surface area contributed by atoms with Crippen LogP contribution in [0, 0.1) is 11.8 Å². The van der Waals surface area contributed by atoms with Crippen molar-refractivity contribution in [1.29, 1.82) is 0 Å². The summed E-state index contributed by atoms with van der Waals surface area (Å²) in [5, 5.41) is 0. The Morgan fingerprint density at radius 1 is 1.19 bits per heavy atom. The Labute approximate surface area is 131 Å². The Morgan fingerprint density at radius 3 is 2.57 bits per heavy atom. The minimum Gasteiger partial charge on any atom is -0.333 e. The Morgan fingerprint density at radius 2 is 1.90 bits per heavy atom. The average molecular weight is 287 g/mol. The van der Waals surface area contributed by atoms with Gasteiger partial charge in [-0.3, -0.25) is 0 Å². The highest BCUT2D eigenvalue weighted by molar-refractivity contribution is 5.41. The molecule has 3 unspecified atom stereocenters. The maximum Gasteiger partial charge on any atom is -0.00417 e. The average Bonchev–Trinajstić information content (AvgIpc) is 2.48. The number of benzene rings is 1. The molecule has 0 radical (unpaired) electrons. The van der Waals surface area contributed by atoms with Gasteiger partial charge in [0.2, 0.25) is 0 Å². The normalized spacial score (nSPS) is 31.0. The lowest BCUT2D eigenvalue weighted by molar-refractivity contribution is 0.118. The zero-order valence-electron chi connectivity index (χ0n) is 14.6. The minimum absolute atomic E-state index is 0.459. The maximum atomic E-state index is 4.50. The molecule has 0 spiro atoms. The van der Waals surface area contributed by atoms with Crippen molar-refractivity contribution in [2.45, 2.75) is 71.1 Å². The van der Waals surface area contributed by atoms with Crippen molar-refractivity contribution >= 4 is 0 Å². The summed E-state index contributed by atoms with van der Waals surface area (Å²) in [6.45, 7) is 9.63. The third kappa shape index (κ3) is 2.90. The first-order chi connectivity index (χ1) is 10.0. The van der Waals surface area contributed by atoms with E-state index in [1.807, 2.05) is 0 Å². The van der Waals surface area contributed by atoms with E-state index in [-0.39, 0.29) is 0 Å². The number of hydrogen-bond donors (Lipinski definition) is 1. The van der Waals surface area contributed by atoms with Gasteiger partial charge < -0.3 is 5.73 Å². The molecule has 0 aromatic heterocycles. The lowest BCUT2D eigenvalue weighted by Gasteiger charge is -2.49. The van der Waals surface area contributed by atoms with Gasteiger partial charge in [-0.05, 0) is 66.2 Å². The van der Waals surface area contributed by atoms with Gasteiger partial charge in [-0.2, -0.15) is 0 Å². The summed E-state index contributed by atoms with van der Waals surface area (Å²) >= 11 is 0. The summed E-state index contributed by atoms with van der Waals surface area (Å²) in [6.07, 6.45) is 6.97. The van der Waals surface area contributed by atoms with Crippen molar-refractivity contribution in [3.05, 3.63) is 34.9 Å². The summed E-state index contributed by atoms with van der Waals surface area (Å²) in [4.78, 5) is 0. The minimum atomic E-state index is 0.459. The highest BCUT2D eigenvalue weighted by Gasteiger charge is 2.44. The van der Waals surface area contributed by atoms with Gasteiger partial charge in [0, 0.05) is 0 Å². The van der Waals surface area contributed by atoms with E-state index in [2.05, 4.69) is 51.6 Å². The molecule has 2 aliphatic rings. The van der Waals surface area contributed by atoms with Crippen LogP contribution >= 0.6 is 0 Å². The molecular formula is C20H33N. The second kappa shape index (κ2) is 6.52. The van der Waals surface area contributed by atoms with Crippen molar-refractivity contribution in [3.8, 4) is 0 Å². The molecule has 0 bridgehead atoms. The molecule has 1 heteroatoms. The molecule has 1 saturated carbocycles. The van der Waals surface area contributed by atoms with Crippen molar-refractivity contribution in [2.75, 3.05) is 7.05 Å². The van der Waals surface area contributed by atoms with Crippen LogP contribution in [-0.4, -0.2) is 7.05 Å². The van der Waals surface area contributed by atoms with Crippen LogP contribution in [0.1, 0.15) is 76.0 Å². The SMILES string of the molecule is CC(C)c1ccc2c(c1)CCC1C(C)CCCC21C.CN. The van der Waals surface area contributed by atoms with E-state index >= 15 is 0 Å². The van der Waals surface area contributed by atoms with E-state index in [9.17, 15) is 0 Å². The van der Waals surface area contributed by atoms with Crippen molar-refractivity contribution in [2.24, 2.45) is 17.6 Å². The summed E-state index contributed by atoms with van der Waals surface area (Å²) < 4.78 is 0. The Hall–Kier alpha value is -0.820. The molecule has 0 heterocycles. The summed E-state index contributed by atoms with van der Waals surface area (Å²) in [5.74, 6) is 2.48. The molecule has 0 saturated heterocycles. The fourth-order valence-electron chi connectivity index (χ4n) is 4.79. The zero-order valence-corrected chi connectivity index (χ0v) is 14.6. The highest BCUT2D eigenvalue weighted by Crippen LogP contribution is 2.52. The quantitative estimate of drug-likeness (QED) is 0.770. The van der Waals surface area contributed by atoms with Crippen LogP contribution in [0.15, 0.2) is 18.2 Å². The van der Waals surface area contributed by atoms with Gasteiger partial charge in [0.1, 0.15) is 0 Å². The first kappa shape index (κ1) is 16.5. The summed E-state index contributed by atoms with van der Waals surface area (Å²) in [6, 6.07) is 7.35. The van der Waals surface area contributed by atoms with Gasteiger partial charge in [-0.15, -0.1) is 0 Å². The van der Waals surface area contributed by atoms with Gasteiger partial charge in [0.05, 0.1) is 0 Å². The number of nitrogens with two attached hydrogens (primary N) is 1. The third-order valence-corrected chi connectivity index (χ3v) is 6.00. The van der Waals surface area contributed by atoms with E-state index in [1.165, 1.54) is 44.7 Å². The van der Waals surface area contributed by atoms with Gasteiger partial charge >= 0.3 is 0 Å². The van der Waals surface area contributed by atoms with Crippen LogP contribution in [0.2, 0.25) is 0 Å². The van der Waals surface area contributed by atoms with Gasteiger partial charge in [-0.25, -0.2) is 0 Å². The number of fused-ring (bicyclic) bond motifs is 3. The Kier molecular flexibility index (Phi) is 5.14. The summed E-state index contributed by atoms with van der Waals surface area (Å²) in [7, 11) is 1.50. The van der Waals surface area contributed by atoms with Crippen LogP contribution in [0.25, 0.3) is 0 Å². The van der Waals surface area contributed by atoms with Gasteiger partial charge in [0.15, 0.2) is 0 Å². The fourth-order valence-corrected chi connectivity index (χ4v) is 4.79. The summed E-state index contributed by atoms with van der Waals surface area (Å²) in [5.41, 5.74) is 9.81. The molecule has 1 aromatic carbocycles. The molecule has 3 atom stereocenters. The lowest BCUT2D eigenvalue weighted by atomic mass is 9.55. The molecular weight excluding hydrogens is 254 g/mol. The van der Waals surface area contributed by atoms with E-state index in [4.69, 9.17) is 0 Å². The number of rotatable bonds is 1. The van der Waals surface area contributed by atoms with Crippen LogP contribution in [0.5, 0.6) is 0 Å². The van der Waals surface area contributed by atoms with Crippen molar-refractivity contribution in [3.63, 3.8) is 0 Å². The molecule has 0 aliphatic heterocycles. The molecule has 1 fully saturated rings. The second-order valence-corrected chi connectivity index (χ2v) is 7.50. The molecule has 2 N–H and O–H groups in total. The topological polar surface area (TPSA) is 26.0 Å². The zero-order chi connectivity index (χ0) is 15.6. The van der Waals surface area contributed by atoms with Crippen LogP contribution in [0.4, 0.5) is 0 Å². The van der Waals surface area contributed by atoms with E-state index in [0.717, 1.165) is 11.8 Å². The predicted molar refractivity (Wildman–Crippen MR) is 92.8 cm³/mol. The molecule has 0 amide bonds. The van der Waals surface area contributed by atoms with Crippen LogP contribution in [0.3, 0.4) is 0 Å². The second-order valence-electron chi connectivity index (χ2n) is 7.50. The van der Waals surface area contributed by atoms with Crippen molar-refractivity contribution in [1.82, 2.24) is 0 Å². The molecule has 3 rings (SSSR count). The van der Waals surface area contributed by atoms with Crippen molar-refractivity contribution < 1.29 is 0 Å². The lowest BCUT2D eigenvalue weighted by Crippen LogP contribution is -2.43. The Bertz CT molecular complexity index is 477. The van der Waals surface area contributed by atoms with E-state index < -0.39 is 0 Å². The molecule has 1 nitrogen and oxygen atoms in total. The highest BCUT2D eigenvalue weighted by atomic mass is 14.5.